The lowest BCUT2D eigenvalue weighted by Gasteiger charge is -2.36. The highest BCUT2D eigenvalue weighted by Crippen LogP contribution is 2.44. The van der Waals surface area contributed by atoms with Gasteiger partial charge in [-0.3, -0.25) is 9.59 Å². The van der Waals surface area contributed by atoms with Crippen LogP contribution in [0.4, 0.5) is 0 Å². The number of furan rings is 1. The fourth-order valence-corrected chi connectivity index (χ4v) is 8.29. The van der Waals surface area contributed by atoms with Crippen molar-refractivity contribution in [2.24, 2.45) is 0 Å². The summed E-state index contributed by atoms with van der Waals surface area (Å²) in [6.45, 7) is 4.54. The SMILES string of the molecule is COc1ccc(CNC(=O)c2ccc3c(C4CCCCC4)c(-c4ccoc4)n(CC(=O)N4CCC(N5CCCC5)CC4)c3c2)cc1OC. The van der Waals surface area contributed by atoms with Gasteiger partial charge in [-0.1, -0.05) is 31.4 Å². The average Bonchev–Trinajstić information content (AvgIpc) is 3.92. The van der Waals surface area contributed by atoms with E-state index >= 15 is 0 Å². The maximum absolute atomic E-state index is 14.1. The maximum Gasteiger partial charge on any atom is 0.251 e. The van der Waals surface area contributed by atoms with Crippen molar-refractivity contribution in [3.05, 3.63) is 71.7 Å². The van der Waals surface area contributed by atoms with Crippen molar-refractivity contribution in [3.63, 3.8) is 0 Å². The molecule has 0 spiro atoms. The van der Waals surface area contributed by atoms with Crippen molar-refractivity contribution >= 4 is 22.7 Å². The van der Waals surface area contributed by atoms with Gasteiger partial charge in [0.25, 0.3) is 5.91 Å². The van der Waals surface area contributed by atoms with E-state index in [9.17, 15) is 9.59 Å². The molecule has 3 aliphatic rings. The Morgan fingerprint density at radius 3 is 2.33 bits per heavy atom. The first kappa shape index (κ1) is 32.3. The Kier molecular flexibility index (Phi) is 9.75. The lowest BCUT2D eigenvalue weighted by atomic mass is 9.82. The molecule has 3 fully saturated rings. The number of nitrogens with one attached hydrogen (secondary N) is 1. The number of benzene rings is 2. The summed E-state index contributed by atoms with van der Waals surface area (Å²) in [6, 6.07) is 14.2. The molecule has 9 heteroatoms. The second-order valence-corrected chi connectivity index (χ2v) is 13.7. The van der Waals surface area contributed by atoms with Crippen LogP contribution in [-0.2, 0) is 17.9 Å². The number of nitrogens with zero attached hydrogens (tertiary/aromatic N) is 3. The van der Waals surface area contributed by atoms with Gasteiger partial charge in [0.1, 0.15) is 6.54 Å². The van der Waals surface area contributed by atoms with Gasteiger partial charge >= 0.3 is 0 Å². The smallest absolute Gasteiger partial charge is 0.251 e. The van der Waals surface area contributed by atoms with Crippen molar-refractivity contribution in [1.82, 2.24) is 19.7 Å². The molecule has 48 heavy (non-hydrogen) atoms. The van der Waals surface area contributed by atoms with Crippen LogP contribution in [0.15, 0.2) is 59.4 Å². The number of fused-ring (bicyclic) bond motifs is 1. The molecule has 2 saturated heterocycles. The van der Waals surface area contributed by atoms with Gasteiger partial charge in [-0.2, -0.15) is 0 Å². The number of carbonyl (C=O) groups is 2. The van der Waals surface area contributed by atoms with E-state index in [2.05, 4.69) is 25.8 Å². The molecule has 254 valence electrons. The average molecular weight is 653 g/mol. The zero-order valence-electron chi connectivity index (χ0n) is 28.3. The highest BCUT2D eigenvalue weighted by molar-refractivity contribution is 6.01. The molecule has 2 amide bonds. The first-order valence-corrected chi connectivity index (χ1v) is 17.7. The van der Waals surface area contributed by atoms with Gasteiger partial charge < -0.3 is 33.6 Å². The number of ether oxygens (including phenoxy) is 2. The molecule has 4 aromatic rings. The molecule has 9 nitrogen and oxygen atoms in total. The highest BCUT2D eigenvalue weighted by Gasteiger charge is 2.31. The Morgan fingerprint density at radius 2 is 1.62 bits per heavy atom. The first-order valence-electron chi connectivity index (χ1n) is 17.7. The van der Waals surface area contributed by atoms with Gasteiger partial charge in [0.05, 0.1) is 38.0 Å². The molecular weight excluding hydrogens is 604 g/mol. The van der Waals surface area contributed by atoms with Crippen LogP contribution < -0.4 is 14.8 Å². The lowest BCUT2D eigenvalue weighted by molar-refractivity contribution is -0.133. The van der Waals surface area contributed by atoms with E-state index in [0.29, 0.717) is 35.6 Å². The summed E-state index contributed by atoms with van der Waals surface area (Å²) in [6.07, 6.45) is 14.0. The lowest BCUT2D eigenvalue weighted by Crippen LogP contribution is -2.46. The van der Waals surface area contributed by atoms with Crippen LogP contribution in [0, 0.1) is 0 Å². The zero-order chi connectivity index (χ0) is 33.0. The van der Waals surface area contributed by atoms with Gasteiger partial charge in [0.15, 0.2) is 11.5 Å². The van der Waals surface area contributed by atoms with E-state index in [1.165, 1.54) is 50.8 Å². The minimum atomic E-state index is -0.168. The second kappa shape index (κ2) is 14.5. The van der Waals surface area contributed by atoms with E-state index in [1.54, 1.807) is 26.7 Å². The van der Waals surface area contributed by atoms with E-state index < -0.39 is 0 Å². The number of aromatic nitrogens is 1. The van der Waals surface area contributed by atoms with E-state index in [4.69, 9.17) is 13.9 Å². The molecule has 4 heterocycles. The molecule has 1 N–H and O–H groups in total. The maximum atomic E-state index is 14.1. The molecule has 0 radical (unpaired) electrons. The van der Waals surface area contributed by atoms with Crippen LogP contribution in [0.2, 0.25) is 0 Å². The molecule has 2 aromatic carbocycles. The summed E-state index contributed by atoms with van der Waals surface area (Å²) < 4.78 is 18.6. The Balaban J connectivity index is 1.20. The third-order valence-electron chi connectivity index (χ3n) is 10.8. The predicted octanol–water partition coefficient (Wildman–Crippen LogP) is 6.98. The number of carbonyl (C=O) groups excluding carboxylic acids is 2. The van der Waals surface area contributed by atoms with Crippen molar-refractivity contribution in [1.29, 1.82) is 0 Å². The van der Waals surface area contributed by atoms with Crippen LogP contribution in [0.5, 0.6) is 11.5 Å². The number of likely N-dealkylation sites (tertiary alicyclic amines) is 2. The third kappa shape index (κ3) is 6.57. The van der Waals surface area contributed by atoms with Crippen molar-refractivity contribution in [2.45, 2.75) is 82.8 Å². The summed E-state index contributed by atoms with van der Waals surface area (Å²) in [7, 11) is 3.21. The van der Waals surface area contributed by atoms with Crippen LogP contribution >= 0.6 is 0 Å². The topological polar surface area (TPSA) is 89.2 Å². The zero-order valence-corrected chi connectivity index (χ0v) is 28.3. The summed E-state index contributed by atoms with van der Waals surface area (Å²) in [5.41, 5.74) is 5.70. The molecule has 0 unspecified atom stereocenters. The summed E-state index contributed by atoms with van der Waals surface area (Å²) in [4.78, 5) is 32.4. The van der Waals surface area contributed by atoms with E-state index in [0.717, 1.165) is 66.5 Å². The van der Waals surface area contributed by atoms with E-state index in [-0.39, 0.29) is 18.4 Å². The minimum Gasteiger partial charge on any atom is -0.493 e. The Bertz CT molecular complexity index is 1720. The summed E-state index contributed by atoms with van der Waals surface area (Å²) in [5, 5.41) is 4.20. The Labute approximate surface area is 283 Å². The molecular formula is C39H48N4O5. The number of rotatable bonds is 10. The molecule has 7 rings (SSSR count). The number of hydrogen-bond acceptors (Lipinski definition) is 6. The number of methoxy groups -OCH3 is 2. The third-order valence-corrected chi connectivity index (χ3v) is 10.8. The first-order chi connectivity index (χ1) is 23.5. The second-order valence-electron chi connectivity index (χ2n) is 13.7. The van der Waals surface area contributed by atoms with Crippen molar-refractivity contribution < 1.29 is 23.5 Å². The van der Waals surface area contributed by atoms with Crippen LogP contribution in [0.25, 0.3) is 22.2 Å². The molecule has 2 aromatic heterocycles. The van der Waals surface area contributed by atoms with Gasteiger partial charge in [-0.15, -0.1) is 0 Å². The van der Waals surface area contributed by atoms with E-state index in [1.807, 2.05) is 36.4 Å². The molecule has 2 aliphatic heterocycles. The van der Waals surface area contributed by atoms with Gasteiger partial charge in [0, 0.05) is 42.2 Å². The predicted molar refractivity (Wildman–Crippen MR) is 187 cm³/mol. The number of amides is 2. The normalized spacial score (nSPS) is 18.0. The fraction of sp³-hybridized carbons (Fsp3) is 0.487. The van der Waals surface area contributed by atoms with Crippen LogP contribution in [-0.4, -0.2) is 72.6 Å². The highest BCUT2D eigenvalue weighted by atomic mass is 16.5. The standard InChI is InChI=1S/C39H48N4O5/c1-46-34-13-10-27(22-35(34)47-2)24-40-39(45)29-11-12-32-33(23-29)43(25-36(44)42-19-14-31(15-20-42)41-17-6-7-18-41)38(30-16-21-48-26-30)37(32)28-8-4-3-5-9-28/h10-13,16,21-23,26,28,31H,3-9,14-15,17-20,24-25H2,1-2H3,(H,40,45). The van der Waals surface area contributed by atoms with Gasteiger partial charge in [-0.05, 0) is 99.0 Å². The molecule has 0 atom stereocenters. The Morgan fingerprint density at radius 1 is 0.854 bits per heavy atom. The minimum absolute atomic E-state index is 0.134. The Hall–Kier alpha value is -4.24. The fourth-order valence-electron chi connectivity index (χ4n) is 8.29. The molecule has 0 bridgehead atoms. The summed E-state index contributed by atoms with van der Waals surface area (Å²) >= 11 is 0. The van der Waals surface area contributed by atoms with Crippen LogP contribution in [0.1, 0.15) is 85.2 Å². The number of hydrogen-bond donors (Lipinski definition) is 1. The van der Waals surface area contributed by atoms with Gasteiger partial charge in [-0.25, -0.2) is 0 Å². The molecule has 1 aliphatic carbocycles. The van der Waals surface area contributed by atoms with Crippen molar-refractivity contribution in [2.75, 3.05) is 40.4 Å². The monoisotopic (exact) mass is 652 g/mol. The van der Waals surface area contributed by atoms with Crippen molar-refractivity contribution in [3.8, 4) is 22.8 Å². The van der Waals surface area contributed by atoms with Crippen LogP contribution in [0.3, 0.4) is 0 Å². The van der Waals surface area contributed by atoms with Gasteiger partial charge in [0.2, 0.25) is 5.91 Å². The summed E-state index contributed by atoms with van der Waals surface area (Å²) in [5.74, 6) is 1.62. The molecule has 1 saturated carbocycles. The largest absolute Gasteiger partial charge is 0.493 e. The number of piperidine rings is 1. The quantitative estimate of drug-likeness (QED) is 0.199.